The van der Waals surface area contributed by atoms with E-state index in [9.17, 15) is 9.59 Å². The average molecular weight is 437 g/mol. The summed E-state index contributed by atoms with van der Waals surface area (Å²) in [6.45, 7) is 0.507. The van der Waals surface area contributed by atoms with Gasteiger partial charge in [0.2, 0.25) is 0 Å². The largest absolute Gasteiger partial charge is 0.334 e. The van der Waals surface area contributed by atoms with Gasteiger partial charge in [0.1, 0.15) is 11.6 Å². The van der Waals surface area contributed by atoms with Gasteiger partial charge in [-0.3, -0.25) is 9.69 Å². The molecule has 0 radical (unpaired) electrons. The van der Waals surface area contributed by atoms with Gasteiger partial charge in [0.25, 0.3) is 5.56 Å². The van der Waals surface area contributed by atoms with Crippen LogP contribution in [0.4, 0.5) is 10.5 Å². The molecule has 5 rings (SSSR count). The standard InChI is InChI=1S/C20H13ClN6O2S/c21-13-4-7-15(23-10-13)27-17(25-18-16(19(27)28)24-11-30-18)12-2-5-14(6-3-12)26-9-1-8-22-20(26)29/h1-7,9-11H,8H2,(H,22,29). The van der Waals surface area contributed by atoms with Crippen LogP contribution < -0.4 is 15.8 Å². The van der Waals surface area contributed by atoms with E-state index in [4.69, 9.17) is 11.6 Å². The zero-order chi connectivity index (χ0) is 20.7. The Kier molecular flexibility index (Phi) is 4.53. The van der Waals surface area contributed by atoms with Gasteiger partial charge in [-0.05, 0) is 42.5 Å². The summed E-state index contributed by atoms with van der Waals surface area (Å²) in [4.78, 5) is 40.4. The number of fused-ring (bicyclic) bond motifs is 1. The molecule has 8 nitrogen and oxygen atoms in total. The molecule has 148 valence electrons. The van der Waals surface area contributed by atoms with Gasteiger partial charge in [-0.25, -0.2) is 24.3 Å². The minimum atomic E-state index is -0.312. The number of rotatable bonds is 3. The fraction of sp³-hybridized carbons (Fsp3) is 0.0500. The number of urea groups is 1. The highest BCUT2D eigenvalue weighted by Crippen LogP contribution is 2.26. The topological polar surface area (TPSA) is 93.0 Å². The quantitative estimate of drug-likeness (QED) is 0.529. The molecule has 0 atom stereocenters. The number of thiazole rings is 1. The van der Waals surface area contributed by atoms with E-state index < -0.39 is 0 Å². The fourth-order valence-electron chi connectivity index (χ4n) is 3.15. The predicted octanol–water partition coefficient (Wildman–Crippen LogP) is 3.60. The van der Waals surface area contributed by atoms with E-state index in [1.54, 1.807) is 36.0 Å². The van der Waals surface area contributed by atoms with Crippen molar-refractivity contribution in [3.8, 4) is 17.2 Å². The third kappa shape index (κ3) is 3.14. The number of pyridine rings is 1. The summed E-state index contributed by atoms with van der Waals surface area (Å²) in [6.07, 6.45) is 5.06. The second-order valence-corrected chi connectivity index (χ2v) is 7.67. The van der Waals surface area contributed by atoms with Crippen LogP contribution in [0.2, 0.25) is 5.02 Å². The molecule has 0 unspecified atom stereocenters. The van der Waals surface area contributed by atoms with Gasteiger partial charge in [0, 0.05) is 24.5 Å². The molecule has 4 aromatic rings. The summed E-state index contributed by atoms with van der Waals surface area (Å²) in [5.74, 6) is 0.820. The number of amides is 2. The SMILES string of the molecule is O=C1NCC=CN1c1ccc(-c2nc3scnc3c(=O)n2-c2ccc(Cl)cn2)cc1. The number of carbonyl (C=O) groups is 1. The smallest absolute Gasteiger partial charge is 0.326 e. The van der Waals surface area contributed by atoms with Crippen LogP contribution in [0.3, 0.4) is 0 Å². The van der Waals surface area contributed by atoms with Gasteiger partial charge < -0.3 is 5.32 Å². The van der Waals surface area contributed by atoms with Crippen LogP contribution in [0.5, 0.6) is 0 Å². The monoisotopic (exact) mass is 436 g/mol. The number of hydrogen-bond acceptors (Lipinski definition) is 6. The Balaban J connectivity index is 1.66. The third-order valence-electron chi connectivity index (χ3n) is 4.56. The zero-order valence-corrected chi connectivity index (χ0v) is 16.9. The van der Waals surface area contributed by atoms with E-state index >= 15 is 0 Å². The van der Waals surface area contributed by atoms with Crippen molar-refractivity contribution in [2.75, 3.05) is 11.4 Å². The lowest BCUT2D eigenvalue weighted by atomic mass is 10.1. The lowest BCUT2D eigenvalue weighted by Crippen LogP contribution is -2.39. The first-order valence-electron chi connectivity index (χ1n) is 8.94. The third-order valence-corrected chi connectivity index (χ3v) is 5.50. The Hall–Kier alpha value is -3.56. The van der Waals surface area contributed by atoms with Crippen molar-refractivity contribution in [1.29, 1.82) is 0 Å². The first-order valence-corrected chi connectivity index (χ1v) is 10.2. The molecule has 4 heterocycles. The molecule has 1 N–H and O–H groups in total. The van der Waals surface area contributed by atoms with Gasteiger partial charge in [-0.1, -0.05) is 11.6 Å². The number of halogens is 1. The number of nitrogens with zero attached hydrogens (tertiary/aromatic N) is 5. The Labute approximate surface area is 179 Å². The summed E-state index contributed by atoms with van der Waals surface area (Å²) in [7, 11) is 0. The molecular weight excluding hydrogens is 424 g/mol. The second kappa shape index (κ2) is 7.36. The highest BCUT2D eigenvalue weighted by molar-refractivity contribution is 7.16. The molecule has 0 saturated carbocycles. The van der Waals surface area contributed by atoms with E-state index in [0.717, 1.165) is 0 Å². The summed E-state index contributed by atoms with van der Waals surface area (Å²) in [5.41, 5.74) is 2.96. The summed E-state index contributed by atoms with van der Waals surface area (Å²) in [5, 5.41) is 3.22. The molecule has 30 heavy (non-hydrogen) atoms. The van der Waals surface area contributed by atoms with E-state index in [2.05, 4.69) is 20.3 Å². The summed E-state index contributed by atoms with van der Waals surface area (Å²) >= 11 is 7.25. The number of carbonyl (C=O) groups excluding carboxylic acids is 1. The molecule has 1 aliphatic heterocycles. The molecule has 0 bridgehead atoms. The van der Waals surface area contributed by atoms with Crippen LogP contribution in [0.15, 0.2) is 65.2 Å². The Bertz CT molecular complexity index is 1340. The lowest BCUT2D eigenvalue weighted by Gasteiger charge is -2.22. The molecular formula is C20H13ClN6O2S. The number of nitrogens with one attached hydrogen (secondary N) is 1. The van der Waals surface area contributed by atoms with Gasteiger partial charge in [-0.15, -0.1) is 11.3 Å². The molecule has 10 heteroatoms. The van der Waals surface area contributed by atoms with Crippen LogP contribution >= 0.6 is 22.9 Å². The van der Waals surface area contributed by atoms with Crippen LogP contribution in [-0.4, -0.2) is 32.1 Å². The number of benzene rings is 1. The van der Waals surface area contributed by atoms with Crippen LogP contribution in [-0.2, 0) is 0 Å². The van der Waals surface area contributed by atoms with Crippen LogP contribution in [0, 0.1) is 0 Å². The van der Waals surface area contributed by atoms with Crippen molar-refractivity contribution in [1.82, 2.24) is 24.8 Å². The Morgan fingerprint density at radius 3 is 2.63 bits per heavy atom. The van der Waals surface area contributed by atoms with Crippen LogP contribution in [0.25, 0.3) is 27.6 Å². The van der Waals surface area contributed by atoms with E-state index in [-0.39, 0.29) is 17.1 Å². The molecule has 0 saturated heterocycles. The van der Waals surface area contributed by atoms with Crippen molar-refractivity contribution in [3.05, 3.63) is 75.8 Å². The molecule has 3 aromatic heterocycles. The second-order valence-electron chi connectivity index (χ2n) is 6.40. The first kappa shape index (κ1) is 18.5. The predicted molar refractivity (Wildman–Crippen MR) is 116 cm³/mol. The maximum Gasteiger partial charge on any atom is 0.326 e. The van der Waals surface area contributed by atoms with Gasteiger partial charge in [0.15, 0.2) is 10.3 Å². The molecule has 0 spiro atoms. The Morgan fingerprint density at radius 2 is 1.90 bits per heavy atom. The highest BCUT2D eigenvalue weighted by atomic mass is 35.5. The minimum absolute atomic E-state index is 0.197. The van der Waals surface area contributed by atoms with Crippen molar-refractivity contribution in [3.63, 3.8) is 0 Å². The lowest BCUT2D eigenvalue weighted by molar-refractivity contribution is 0.248. The van der Waals surface area contributed by atoms with Crippen molar-refractivity contribution in [2.45, 2.75) is 0 Å². The van der Waals surface area contributed by atoms with Crippen LogP contribution in [0.1, 0.15) is 0 Å². The van der Waals surface area contributed by atoms with Gasteiger partial charge >= 0.3 is 6.03 Å². The van der Waals surface area contributed by atoms with Crippen molar-refractivity contribution < 1.29 is 4.79 Å². The highest BCUT2D eigenvalue weighted by Gasteiger charge is 2.19. The molecule has 0 fully saturated rings. The number of anilines is 1. The van der Waals surface area contributed by atoms with Gasteiger partial charge in [-0.2, -0.15) is 0 Å². The number of hydrogen-bond donors (Lipinski definition) is 1. The molecule has 1 aromatic carbocycles. The molecule has 2 amide bonds. The van der Waals surface area contributed by atoms with E-state index in [1.165, 1.54) is 27.0 Å². The summed E-state index contributed by atoms with van der Waals surface area (Å²) < 4.78 is 1.42. The van der Waals surface area contributed by atoms with E-state index in [1.807, 2.05) is 18.2 Å². The average Bonchev–Trinajstić information content (AvgIpc) is 3.24. The normalized spacial score (nSPS) is 13.6. The van der Waals surface area contributed by atoms with Crippen molar-refractivity contribution >= 4 is 45.0 Å². The number of aromatic nitrogens is 4. The van der Waals surface area contributed by atoms with E-state index in [0.29, 0.717) is 39.3 Å². The zero-order valence-electron chi connectivity index (χ0n) is 15.3. The molecule has 1 aliphatic rings. The fourth-order valence-corrected chi connectivity index (χ4v) is 3.91. The molecule has 0 aliphatic carbocycles. The maximum absolute atomic E-state index is 13.2. The maximum atomic E-state index is 13.2. The summed E-state index contributed by atoms with van der Waals surface area (Å²) in [6, 6.07) is 10.3. The Morgan fingerprint density at radius 1 is 1.07 bits per heavy atom. The first-order chi connectivity index (χ1) is 14.6. The minimum Gasteiger partial charge on any atom is -0.334 e. The van der Waals surface area contributed by atoms with Gasteiger partial charge in [0.05, 0.1) is 16.2 Å². The van der Waals surface area contributed by atoms with Crippen molar-refractivity contribution in [2.24, 2.45) is 0 Å².